The third-order valence-corrected chi connectivity index (χ3v) is 5.92. The SMILES string of the molecule is Cc1cc(NCCCNc2ccnc3cc(Cl)ccc23)nc(Nc2c(C)nn(CC(C)(C)O)c2C)n1. The minimum Gasteiger partial charge on any atom is -0.389 e. The topological polar surface area (TPSA) is 113 Å². The van der Waals surface area contributed by atoms with E-state index >= 15 is 0 Å². The molecule has 36 heavy (non-hydrogen) atoms. The fourth-order valence-corrected chi connectivity index (χ4v) is 4.19. The number of hydrogen-bond donors (Lipinski definition) is 4. The van der Waals surface area contributed by atoms with Gasteiger partial charge in [0, 0.05) is 47.1 Å². The number of aryl methyl sites for hydroxylation is 2. The van der Waals surface area contributed by atoms with E-state index in [9.17, 15) is 5.11 Å². The summed E-state index contributed by atoms with van der Waals surface area (Å²) in [4.78, 5) is 13.6. The van der Waals surface area contributed by atoms with E-state index in [4.69, 9.17) is 11.6 Å². The van der Waals surface area contributed by atoms with Crippen molar-refractivity contribution < 1.29 is 5.11 Å². The van der Waals surface area contributed by atoms with Gasteiger partial charge in [-0.3, -0.25) is 9.67 Å². The van der Waals surface area contributed by atoms with E-state index in [0.29, 0.717) is 17.5 Å². The molecule has 0 fully saturated rings. The molecule has 1 aromatic carbocycles. The van der Waals surface area contributed by atoms with Crippen molar-refractivity contribution in [3.05, 3.63) is 58.6 Å². The van der Waals surface area contributed by atoms with Crippen LogP contribution in [0.1, 0.15) is 37.4 Å². The molecule has 0 radical (unpaired) electrons. The van der Waals surface area contributed by atoms with E-state index in [1.54, 1.807) is 24.7 Å². The zero-order valence-electron chi connectivity index (χ0n) is 21.4. The third kappa shape index (κ3) is 6.41. The number of anilines is 4. The van der Waals surface area contributed by atoms with Gasteiger partial charge in [-0.25, -0.2) is 4.98 Å². The number of fused-ring (bicyclic) bond motifs is 1. The van der Waals surface area contributed by atoms with Crippen molar-refractivity contribution in [2.24, 2.45) is 0 Å². The predicted octanol–water partition coefficient (Wildman–Crippen LogP) is 5.23. The van der Waals surface area contributed by atoms with Gasteiger partial charge in [-0.2, -0.15) is 10.1 Å². The highest BCUT2D eigenvalue weighted by atomic mass is 35.5. The summed E-state index contributed by atoms with van der Waals surface area (Å²) in [6.45, 7) is 11.3. The maximum absolute atomic E-state index is 10.2. The number of hydrogen-bond acceptors (Lipinski definition) is 8. The molecule has 0 saturated carbocycles. The zero-order chi connectivity index (χ0) is 25.9. The summed E-state index contributed by atoms with van der Waals surface area (Å²) in [5.74, 6) is 1.26. The van der Waals surface area contributed by atoms with Crippen molar-refractivity contribution in [1.29, 1.82) is 0 Å². The standard InChI is InChI=1S/C26H33ClN8O/c1-16-13-23(30-11-6-10-28-21-9-12-29-22-14-19(27)7-8-20(21)22)32-25(31-16)33-24-17(2)34-35(18(24)3)15-26(4,5)36/h7-9,12-14,36H,6,10-11,15H2,1-5H3,(H,28,29)(H2,30,31,32,33). The minimum absolute atomic E-state index is 0.403. The maximum atomic E-state index is 10.2. The first kappa shape index (κ1) is 25.7. The van der Waals surface area contributed by atoms with Gasteiger partial charge in [0.2, 0.25) is 5.95 Å². The summed E-state index contributed by atoms with van der Waals surface area (Å²) in [6.07, 6.45) is 2.68. The summed E-state index contributed by atoms with van der Waals surface area (Å²) in [6, 6.07) is 9.64. The van der Waals surface area contributed by atoms with Crippen LogP contribution in [-0.4, -0.2) is 48.5 Å². The lowest BCUT2D eigenvalue weighted by Gasteiger charge is -2.18. The van der Waals surface area contributed by atoms with Crippen molar-refractivity contribution >= 4 is 45.6 Å². The smallest absolute Gasteiger partial charge is 0.229 e. The second-order valence-electron chi connectivity index (χ2n) is 9.59. The van der Waals surface area contributed by atoms with Crippen LogP contribution in [0.3, 0.4) is 0 Å². The van der Waals surface area contributed by atoms with Crippen LogP contribution in [0.25, 0.3) is 10.9 Å². The fraction of sp³-hybridized carbons (Fsp3) is 0.385. The van der Waals surface area contributed by atoms with Gasteiger partial charge in [0.1, 0.15) is 5.82 Å². The Morgan fingerprint density at radius 1 is 1.03 bits per heavy atom. The number of benzene rings is 1. The van der Waals surface area contributed by atoms with E-state index in [1.165, 1.54) is 0 Å². The number of pyridine rings is 1. The molecule has 0 aliphatic heterocycles. The number of aliphatic hydroxyl groups is 1. The van der Waals surface area contributed by atoms with Crippen molar-refractivity contribution in [2.75, 3.05) is 29.0 Å². The Morgan fingerprint density at radius 3 is 2.58 bits per heavy atom. The lowest BCUT2D eigenvalue weighted by molar-refractivity contribution is 0.0570. The largest absolute Gasteiger partial charge is 0.389 e. The molecule has 0 saturated heterocycles. The van der Waals surface area contributed by atoms with Gasteiger partial charge in [0.15, 0.2) is 0 Å². The molecule has 3 aromatic heterocycles. The van der Waals surface area contributed by atoms with Crippen molar-refractivity contribution in [2.45, 2.75) is 53.2 Å². The van der Waals surface area contributed by atoms with Crippen LogP contribution < -0.4 is 16.0 Å². The number of nitrogens with zero attached hydrogens (tertiary/aromatic N) is 5. The van der Waals surface area contributed by atoms with E-state index < -0.39 is 5.60 Å². The second-order valence-corrected chi connectivity index (χ2v) is 10.0. The normalized spacial score (nSPS) is 11.6. The first-order chi connectivity index (χ1) is 17.1. The lowest BCUT2D eigenvalue weighted by atomic mass is 10.1. The molecule has 0 amide bonds. The van der Waals surface area contributed by atoms with Gasteiger partial charge in [0.25, 0.3) is 0 Å². The quantitative estimate of drug-likeness (QED) is 0.215. The Bertz CT molecular complexity index is 1360. The molecule has 0 bridgehead atoms. The predicted molar refractivity (Wildman–Crippen MR) is 146 cm³/mol. The molecule has 190 valence electrons. The average Bonchev–Trinajstić information content (AvgIpc) is 3.04. The van der Waals surface area contributed by atoms with Gasteiger partial charge in [0.05, 0.1) is 34.7 Å². The van der Waals surface area contributed by atoms with Gasteiger partial charge >= 0.3 is 0 Å². The molecular weight excluding hydrogens is 476 g/mol. The van der Waals surface area contributed by atoms with E-state index in [1.807, 2.05) is 51.1 Å². The Labute approximate surface area is 216 Å². The van der Waals surface area contributed by atoms with Crippen LogP contribution in [0.15, 0.2) is 36.5 Å². The van der Waals surface area contributed by atoms with Gasteiger partial charge in [-0.15, -0.1) is 0 Å². The molecular formula is C26H33ClN8O. The second kappa shape index (κ2) is 10.7. The molecule has 0 aliphatic rings. The molecule has 9 nitrogen and oxygen atoms in total. The Balaban J connectivity index is 1.35. The van der Waals surface area contributed by atoms with Crippen LogP contribution in [0.4, 0.5) is 23.1 Å². The number of aromatic nitrogens is 5. The fourth-order valence-electron chi connectivity index (χ4n) is 4.03. The summed E-state index contributed by atoms with van der Waals surface area (Å²) < 4.78 is 1.81. The molecule has 10 heteroatoms. The van der Waals surface area contributed by atoms with Crippen LogP contribution >= 0.6 is 11.6 Å². The van der Waals surface area contributed by atoms with Crippen molar-refractivity contribution in [1.82, 2.24) is 24.7 Å². The summed E-state index contributed by atoms with van der Waals surface area (Å²) in [7, 11) is 0. The Hall–Kier alpha value is -3.43. The highest BCUT2D eigenvalue weighted by Gasteiger charge is 2.19. The van der Waals surface area contributed by atoms with Crippen molar-refractivity contribution in [3.63, 3.8) is 0 Å². The summed E-state index contributed by atoms with van der Waals surface area (Å²) in [5.41, 5.74) is 4.51. The third-order valence-electron chi connectivity index (χ3n) is 5.69. The first-order valence-electron chi connectivity index (χ1n) is 12.0. The number of nitrogens with one attached hydrogen (secondary N) is 3. The number of rotatable bonds is 10. The summed E-state index contributed by atoms with van der Waals surface area (Å²) in [5, 5.41) is 26.7. The Kier molecular flexibility index (Phi) is 7.61. The van der Waals surface area contributed by atoms with Crippen LogP contribution in [-0.2, 0) is 6.54 Å². The van der Waals surface area contributed by atoms with Crippen molar-refractivity contribution in [3.8, 4) is 0 Å². The van der Waals surface area contributed by atoms with E-state index in [-0.39, 0.29) is 0 Å². The molecule has 4 aromatic rings. The molecule has 0 atom stereocenters. The Morgan fingerprint density at radius 2 is 1.81 bits per heavy atom. The van der Waals surface area contributed by atoms with Crippen LogP contribution in [0.2, 0.25) is 5.02 Å². The molecule has 0 spiro atoms. The van der Waals surface area contributed by atoms with Gasteiger partial charge < -0.3 is 21.1 Å². The average molecular weight is 509 g/mol. The van der Waals surface area contributed by atoms with Crippen LogP contribution in [0, 0.1) is 20.8 Å². The molecule has 0 unspecified atom stereocenters. The molecule has 4 N–H and O–H groups in total. The van der Waals surface area contributed by atoms with Gasteiger partial charge in [-0.05, 0) is 65.3 Å². The maximum Gasteiger partial charge on any atom is 0.229 e. The van der Waals surface area contributed by atoms with Gasteiger partial charge in [-0.1, -0.05) is 11.6 Å². The molecule has 3 heterocycles. The molecule has 0 aliphatic carbocycles. The highest BCUT2D eigenvalue weighted by Crippen LogP contribution is 2.26. The van der Waals surface area contributed by atoms with E-state index in [0.717, 1.165) is 64.7 Å². The first-order valence-corrected chi connectivity index (χ1v) is 12.4. The zero-order valence-corrected chi connectivity index (χ0v) is 22.1. The summed E-state index contributed by atoms with van der Waals surface area (Å²) >= 11 is 6.08. The lowest BCUT2D eigenvalue weighted by Crippen LogP contribution is -2.27. The highest BCUT2D eigenvalue weighted by molar-refractivity contribution is 6.31. The minimum atomic E-state index is -0.857. The monoisotopic (exact) mass is 508 g/mol. The molecule has 4 rings (SSSR count). The van der Waals surface area contributed by atoms with E-state index in [2.05, 4.69) is 36.0 Å². The van der Waals surface area contributed by atoms with Crippen LogP contribution in [0.5, 0.6) is 0 Å². The number of halogens is 1.